The molecule has 162 valence electrons. The Morgan fingerprint density at radius 3 is 2.52 bits per heavy atom. The molecule has 31 heavy (non-hydrogen) atoms. The van der Waals surface area contributed by atoms with Gasteiger partial charge in [-0.15, -0.1) is 0 Å². The van der Waals surface area contributed by atoms with Crippen molar-refractivity contribution in [3.63, 3.8) is 0 Å². The zero-order valence-electron chi connectivity index (χ0n) is 17.0. The van der Waals surface area contributed by atoms with Gasteiger partial charge in [0.15, 0.2) is 5.82 Å². The van der Waals surface area contributed by atoms with Crippen LogP contribution in [0, 0.1) is 10.1 Å². The van der Waals surface area contributed by atoms with Gasteiger partial charge in [-0.25, -0.2) is 13.8 Å². The van der Waals surface area contributed by atoms with Gasteiger partial charge in [-0.1, -0.05) is 12.1 Å². The first kappa shape index (κ1) is 20.8. The Morgan fingerprint density at radius 2 is 1.87 bits per heavy atom. The van der Waals surface area contributed by atoms with E-state index in [2.05, 4.69) is 10.3 Å². The SMILES string of the molecule is COc1ccc(CNc2nc3ccc([N+](=O)[O-])cc3cc2N2CCC(F)(F)CC2)cc1. The van der Waals surface area contributed by atoms with E-state index in [1.54, 1.807) is 19.2 Å². The minimum atomic E-state index is -2.67. The van der Waals surface area contributed by atoms with E-state index in [4.69, 9.17) is 4.74 Å². The van der Waals surface area contributed by atoms with Crippen LogP contribution < -0.4 is 15.0 Å². The lowest BCUT2D eigenvalue weighted by Crippen LogP contribution is -2.39. The molecule has 1 aliphatic rings. The molecule has 4 rings (SSSR count). The Bertz CT molecular complexity index is 1100. The highest BCUT2D eigenvalue weighted by molar-refractivity contribution is 5.88. The number of anilines is 2. The number of non-ortho nitro benzene ring substituents is 1. The predicted octanol–water partition coefficient (Wildman–Crippen LogP) is 5.00. The molecule has 0 saturated carbocycles. The normalized spacial score (nSPS) is 15.6. The number of rotatable bonds is 6. The third-order valence-corrected chi connectivity index (χ3v) is 5.44. The number of alkyl halides is 2. The molecular weight excluding hydrogens is 406 g/mol. The van der Waals surface area contributed by atoms with Crippen LogP contribution in [0.4, 0.5) is 26.0 Å². The molecule has 3 aromatic rings. The number of nitro benzene ring substituents is 1. The van der Waals surface area contributed by atoms with Gasteiger partial charge in [0.05, 0.1) is 23.2 Å². The standard InChI is InChI=1S/C22H22F2N4O3/c1-31-18-5-2-15(3-6-18)14-25-21-20(27-10-8-22(23,24)9-11-27)13-16-12-17(28(29)30)4-7-19(16)26-21/h2-7,12-13H,8-11,14H2,1H3,(H,25,26). The molecule has 0 bridgehead atoms. The summed E-state index contributed by atoms with van der Waals surface area (Å²) in [6.45, 7) is 0.852. The molecule has 0 radical (unpaired) electrons. The van der Waals surface area contributed by atoms with Gasteiger partial charge in [0, 0.05) is 50.0 Å². The number of piperidine rings is 1. The maximum atomic E-state index is 13.7. The van der Waals surface area contributed by atoms with Crippen LogP contribution in [0.5, 0.6) is 5.75 Å². The molecule has 2 aromatic carbocycles. The fraction of sp³-hybridized carbons (Fsp3) is 0.318. The molecule has 1 saturated heterocycles. The molecule has 1 aliphatic heterocycles. The van der Waals surface area contributed by atoms with E-state index in [-0.39, 0.29) is 31.6 Å². The molecular formula is C22H22F2N4O3. The van der Waals surface area contributed by atoms with Crippen LogP contribution in [-0.4, -0.2) is 36.0 Å². The number of nitrogens with one attached hydrogen (secondary N) is 1. The molecule has 0 unspecified atom stereocenters. The summed E-state index contributed by atoms with van der Waals surface area (Å²) in [5.74, 6) is -1.36. The van der Waals surface area contributed by atoms with E-state index in [9.17, 15) is 18.9 Å². The van der Waals surface area contributed by atoms with Crippen molar-refractivity contribution in [1.82, 2.24) is 4.98 Å². The molecule has 1 fully saturated rings. The van der Waals surface area contributed by atoms with Crippen LogP contribution in [0.25, 0.3) is 10.9 Å². The largest absolute Gasteiger partial charge is 0.497 e. The van der Waals surface area contributed by atoms with E-state index in [0.717, 1.165) is 11.3 Å². The number of halogens is 2. The Kier molecular flexibility index (Phi) is 5.58. The van der Waals surface area contributed by atoms with E-state index in [0.29, 0.717) is 29.0 Å². The molecule has 0 atom stereocenters. The van der Waals surface area contributed by atoms with Crippen molar-refractivity contribution < 1.29 is 18.4 Å². The Morgan fingerprint density at radius 1 is 1.16 bits per heavy atom. The van der Waals surface area contributed by atoms with Crippen molar-refractivity contribution in [2.45, 2.75) is 25.3 Å². The maximum Gasteiger partial charge on any atom is 0.270 e. The van der Waals surface area contributed by atoms with E-state index < -0.39 is 10.8 Å². The number of ether oxygens (including phenoxy) is 1. The zero-order valence-corrected chi connectivity index (χ0v) is 17.0. The van der Waals surface area contributed by atoms with Crippen LogP contribution in [-0.2, 0) is 6.54 Å². The summed E-state index contributed by atoms with van der Waals surface area (Å²) in [5, 5.41) is 15.0. The second-order valence-corrected chi connectivity index (χ2v) is 7.53. The topological polar surface area (TPSA) is 80.5 Å². The highest BCUT2D eigenvalue weighted by Crippen LogP contribution is 2.35. The monoisotopic (exact) mass is 428 g/mol. The van der Waals surface area contributed by atoms with Crippen molar-refractivity contribution in [3.05, 3.63) is 64.2 Å². The predicted molar refractivity (Wildman–Crippen MR) is 115 cm³/mol. The summed E-state index contributed by atoms with van der Waals surface area (Å²) in [6.07, 6.45) is -0.476. The molecule has 0 spiro atoms. The fourth-order valence-electron chi connectivity index (χ4n) is 3.64. The number of methoxy groups -OCH3 is 1. The number of fused-ring (bicyclic) bond motifs is 1. The van der Waals surface area contributed by atoms with Gasteiger partial charge in [0.2, 0.25) is 0 Å². The highest BCUT2D eigenvalue weighted by atomic mass is 19.3. The van der Waals surface area contributed by atoms with Crippen LogP contribution in [0.2, 0.25) is 0 Å². The molecule has 1 N–H and O–H groups in total. The van der Waals surface area contributed by atoms with Crippen LogP contribution >= 0.6 is 0 Å². The number of nitro groups is 1. The quantitative estimate of drug-likeness (QED) is 0.440. The first-order chi connectivity index (χ1) is 14.8. The first-order valence-corrected chi connectivity index (χ1v) is 9.93. The second-order valence-electron chi connectivity index (χ2n) is 7.53. The summed E-state index contributed by atoms with van der Waals surface area (Å²) in [4.78, 5) is 17.2. The third kappa shape index (κ3) is 4.65. The van der Waals surface area contributed by atoms with Crippen molar-refractivity contribution in [2.24, 2.45) is 0 Å². The molecule has 7 nitrogen and oxygen atoms in total. The maximum absolute atomic E-state index is 13.7. The van der Waals surface area contributed by atoms with Gasteiger partial charge in [0.1, 0.15) is 5.75 Å². The molecule has 0 amide bonds. The van der Waals surface area contributed by atoms with E-state index in [1.807, 2.05) is 29.2 Å². The number of aromatic nitrogens is 1. The Hall–Kier alpha value is -3.49. The van der Waals surface area contributed by atoms with Crippen molar-refractivity contribution in [1.29, 1.82) is 0 Å². The van der Waals surface area contributed by atoms with Gasteiger partial charge in [-0.2, -0.15) is 0 Å². The first-order valence-electron chi connectivity index (χ1n) is 9.93. The third-order valence-electron chi connectivity index (χ3n) is 5.44. The summed E-state index contributed by atoms with van der Waals surface area (Å²) in [7, 11) is 1.60. The van der Waals surface area contributed by atoms with E-state index in [1.165, 1.54) is 12.1 Å². The number of pyridine rings is 1. The molecule has 2 heterocycles. The second kappa shape index (κ2) is 8.33. The van der Waals surface area contributed by atoms with Crippen molar-refractivity contribution >= 4 is 28.1 Å². The van der Waals surface area contributed by atoms with Crippen LogP contribution in [0.15, 0.2) is 48.5 Å². The molecule has 9 heteroatoms. The van der Waals surface area contributed by atoms with Crippen LogP contribution in [0.1, 0.15) is 18.4 Å². The number of nitrogens with zero attached hydrogens (tertiary/aromatic N) is 3. The lowest BCUT2D eigenvalue weighted by atomic mass is 10.1. The number of hydrogen-bond donors (Lipinski definition) is 1. The summed E-state index contributed by atoms with van der Waals surface area (Å²) in [5.41, 5.74) is 2.22. The minimum absolute atomic E-state index is 0.0376. The average molecular weight is 428 g/mol. The Labute approximate surface area is 177 Å². The van der Waals surface area contributed by atoms with Crippen molar-refractivity contribution in [2.75, 3.05) is 30.4 Å². The number of hydrogen-bond acceptors (Lipinski definition) is 6. The van der Waals surface area contributed by atoms with E-state index >= 15 is 0 Å². The smallest absolute Gasteiger partial charge is 0.270 e. The average Bonchev–Trinajstić information content (AvgIpc) is 2.77. The van der Waals surface area contributed by atoms with Crippen molar-refractivity contribution in [3.8, 4) is 5.75 Å². The lowest BCUT2D eigenvalue weighted by molar-refractivity contribution is -0.384. The molecule has 0 aliphatic carbocycles. The fourth-order valence-corrected chi connectivity index (χ4v) is 3.64. The van der Waals surface area contributed by atoms with Gasteiger partial charge in [-0.05, 0) is 29.8 Å². The number of benzene rings is 2. The highest BCUT2D eigenvalue weighted by Gasteiger charge is 2.34. The van der Waals surface area contributed by atoms with Gasteiger partial charge < -0.3 is 15.0 Å². The summed E-state index contributed by atoms with van der Waals surface area (Å²) in [6, 6.07) is 13.8. The summed E-state index contributed by atoms with van der Waals surface area (Å²) < 4.78 is 32.5. The zero-order chi connectivity index (χ0) is 22.0. The summed E-state index contributed by atoms with van der Waals surface area (Å²) >= 11 is 0. The minimum Gasteiger partial charge on any atom is -0.497 e. The van der Waals surface area contributed by atoms with Gasteiger partial charge >= 0.3 is 0 Å². The van der Waals surface area contributed by atoms with Gasteiger partial charge in [-0.3, -0.25) is 10.1 Å². The lowest BCUT2D eigenvalue weighted by Gasteiger charge is -2.34. The van der Waals surface area contributed by atoms with Crippen LogP contribution in [0.3, 0.4) is 0 Å². The Balaban J connectivity index is 1.67. The molecule has 1 aromatic heterocycles. The van der Waals surface area contributed by atoms with Gasteiger partial charge in [0.25, 0.3) is 11.6 Å².